The van der Waals surface area contributed by atoms with Gasteiger partial charge in [-0.25, -0.2) is 9.78 Å². The minimum absolute atomic E-state index is 0.0185. The number of allylic oxidation sites excluding steroid dienone is 3. The zero-order chi connectivity index (χ0) is 36.0. The van der Waals surface area contributed by atoms with Crippen molar-refractivity contribution in [1.29, 1.82) is 0 Å². The van der Waals surface area contributed by atoms with E-state index in [1.165, 1.54) is 18.9 Å². The summed E-state index contributed by atoms with van der Waals surface area (Å²) < 4.78 is 21.3. The summed E-state index contributed by atoms with van der Waals surface area (Å²) in [4.78, 5) is 42.4. The number of hydrogen-bond acceptors (Lipinski definition) is 8. The SMILES string of the molecule is C/C=C\C.C=C(C)CC.CC.CCCCOCCOC(=O)C(Cc1ncc(C)o1)NC(=O)C(CC)(CC)C[C@@H](CCOC)C(=O)O. The number of aryl methyl sites for hydroxylation is 1. The first-order valence-electron chi connectivity index (χ1n) is 16.8. The largest absolute Gasteiger partial charge is 0.481 e. The van der Waals surface area contributed by atoms with Crippen LogP contribution in [0.5, 0.6) is 0 Å². The highest BCUT2D eigenvalue weighted by atomic mass is 16.6. The number of unbranched alkanes of at least 4 members (excludes halogenated alkanes) is 1. The van der Waals surface area contributed by atoms with Gasteiger partial charge in [0.25, 0.3) is 0 Å². The first-order chi connectivity index (χ1) is 21.9. The van der Waals surface area contributed by atoms with Crippen molar-refractivity contribution in [3.05, 3.63) is 42.2 Å². The third kappa shape index (κ3) is 22.5. The van der Waals surface area contributed by atoms with Crippen LogP contribution in [0.3, 0.4) is 0 Å². The average Bonchev–Trinajstić information content (AvgIpc) is 3.47. The molecule has 0 bridgehead atoms. The number of oxazole rings is 1. The highest BCUT2D eigenvalue weighted by Gasteiger charge is 2.41. The van der Waals surface area contributed by atoms with E-state index in [1.54, 1.807) is 6.92 Å². The molecule has 0 aromatic carbocycles. The van der Waals surface area contributed by atoms with Crippen LogP contribution in [-0.2, 0) is 35.0 Å². The Morgan fingerprint density at radius 2 is 1.65 bits per heavy atom. The fourth-order valence-electron chi connectivity index (χ4n) is 3.82. The van der Waals surface area contributed by atoms with Crippen molar-refractivity contribution in [3.63, 3.8) is 0 Å². The lowest BCUT2D eigenvalue weighted by atomic mass is 9.73. The highest BCUT2D eigenvalue weighted by molar-refractivity contribution is 5.88. The first-order valence-corrected chi connectivity index (χ1v) is 16.8. The van der Waals surface area contributed by atoms with Gasteiger partial charge in [-0.2, -0.15) is 0 Å². The molecule has 2 N–H and O–H groups in total. The summed E-state index contributed by atoms with van der Waals surface area (Å²) in [5.41, 5.74) is 0.287. The summed E-state index contributed by atoms with van der Waals surface area (Å²) in [6.45, 7) is 24.5. The number of amides is 1. The topological polar surface area (TPSA) is 137 Å². The number of methoxy groups -OCH3 is 1. The molecule has 10 nitrogen and oxygen atoms in total. The number of carboxylic acids is 1. The van der Waals surface area contributed by atoms with Crippen molar-refractivity contribution in [2.24, 2.45) is 11.3 Å². The molecule has 0 radical (unpaired) electrons. The van der Waals surface area contributed by atoms with Crippen LogP contribution >= 0.6 is 0 Å². The quantitative estimate of drug-likeness (QED) is 0.0817. The molecule has 46 heavy (non-hydrogen) atoms. The number of aliphatic carboxylic acids is 1. The lowest BCUT2D eigenvalue weighted by Gasteiger charge is -2.34. The summed E-state index contributed by atoms with van der Waals surface area (Å²) in [5, 5.41) is 12.5. The Balaban J connectivity index is -0.00000145. The molecule has 1 aromatic heterocycles. The van der Waals surface area contributed by atoms with Gasteiger partial charge in [0, 0.05) is 25.7 Å². The summed E-state index contributed by atoms with van der Waals surface area (Å²) >= 11 is 0. The number of aromatic nitrogens is 1. The van der Waals surface area contributed by atoms with Gasteiger partial charge in [-0.1, -0.05) is 65.7 Å². The summed E-state index contributed by atoms with van der Waals surface area (Å²) in [7, 11) is 1.51. The van der Waals surface area contributed by atoms with E-state index in [0.29, 0.717) is 37.5 Å². The normalized spacial score (nSPS) is 11.9. The maximum Gasteiger partial charge on any atom is 0.329 e. The molecular formula is C36H66N2O8. The van der Waals surface area contributed by atoms with Crippen LogP contribution in [0.25, 0.3) is 0 Å². The molecular weight excluding hydrogens is 588 g/mol. The van der Waals surface area contributed by atoms with Crippen LogP contribution in [-0.4, -0.2) is 67.5 Å². The molecule has 10 heteroatoms. The van der Waals surface area contributed by atoms with Gasteiger partial charge in [0.15, 0.2) is 5.89 Å². The minimum atomic E-state index is -1.03. The van der Waals surface area contributed by atoms with Gasteiger partial charge in [-0.3, -0.25) is 9.59 Å². The van der Waals surface area contributed by atoms with E-state index in [2.05, 4.69) is 30.7 Å². The highest BCUT2D eigenvalue weighted by Crippen LogP contribution is 2.36. The molecule has 0 aliphatic heterocycles. The molecule has 0 spiro atoms. The number of nitrogens with zero attached hydrogens (tertiary/aromatic N) is 1. The molecule has 0 saturated carbocycles. The fraction of sp³-hybridized carbons (Fsp3) is 0.722. The number of nitrogens with one attached hydrogen (secondary N) is 1. The summed E-state index contributed by atoms with van der Waals surface area (Å²) in [5.74, 6) is -1.86. The molecule has 268 valence electrons. The molecule has 1 amide bonds. The van der Waals surface area contributed by atoms with Gasteiger partial charge >= 0.3 is 11.9 Å². The van der Waals surface area contributed by atoms with Crippen molar-refractivity contribution in [3.8, 4) is 0 Å². The number of carboxylic acid groups (broad SMARTS) is 1. The molecule has 1 unspecified atom stereocenters. The van der Waals surface area contributed by atoms with Crippen LogP contribution < -0.4 is 5.32 Å². The monoisotopic (exact) mass is 654 g/mol. The van der Waals surface area contributed by atoms with Crippen molar-refractivity contribution >= 4 is 17.8 Å². The third-order valence-corrected chi connectivity index (χ3v) is 7.18. The second-order valence-electron chi connectivity index (χ2n) is 10.7. The maximum atomic E-state index is 13.5. The molecule has 0 fully saturated rings. The van der Waals surface area contributed by atoms with Gasteiger partial charge in [0.2, 0.25) is 5.91 Å². The Morgan fingerprint density at radius 3 is 2.07 bits per heavy atom. The Kier molecular flexibility index (Phi) is 31.6. The molecule has 0 aliphatic rings. The second-order valence-corrected chi connectivity index (χ2v) is 10.7. The van der Waals surface area contributed by atoms with E-state index in [0.717, 1.165) is 19.3 Å². The predicted octanol–water partition coefficient (Wildman–Crippen LogP) is 7.89. The first kappa shape index (κ1) is 47.4. The Bertz CT molecular complexity index is 950. The predicted molar refractivity (Wildman–Crippen MR) is 186 cm³/mol. The van der Waals surface area contributed by atoms with Gasteiger partial charge in [0.1, 0.15) is 18.4 Å². The van der Waals surface area contributed by atoms with Gasteiger partial charge in [-0.05, 0) is 66.2 Å². The van der Waals surface area contributed by atoms with Crippen LogP contribution in [0, 0.1) is 18.3 Å². The molecule has 1 heterocycles. The zero-order valence-corrected chi connectivity index (χ0v) is 30.8. The number of carbonyl (C=O) groups excluding carboxylic acids is 2. The van der Waals surface area contributed by atoms with Crippen molar-refractivity contribution < 1.29 is 38.1 Å². The number of esters is 1. The summed E-state index contributed by atoms with van der Waals surface area (Å²) in [6, 6.07) is -1.03. The van der Waals surface area contributed by atoms with E-state index in [9.17, 15) is 19.5 Å². The number of carbonyl (C=O) groups is 3. The molecule has 1 rings (SSSR count). The van der Waals surface area contributed by atoms with Crippen molar-refractivity contribution in [2.45, 2.75) is 127 Å². The number of ether oxygens (including phenoxy) is 3. The van der Waals surface area contributed by atoms with Crippen LogP contribution in [0.1, 0.15) is 119 Å². The van der Waals surface area contributed by atoms with Crippen LogP contribution in [0.15, 0.2) is 34.9 Å². The van der Waals surface area contributed by atoms with E-state index < -0.39 is 35.2 Å². The lowest BCUT2D eigenvalue weighted by Crippen LogP contribution is -2.50. The van der Waals surface area contributed by atoms with Gasteiger partial charge in [-0.15, -0.1) is 6.58 Å². The molecule has 0 saturated heterocycles. The second kappa shape index (κ2) is 30.7. The van der Waals surface area contributed by atoms with E-state index >= 15 is 0 Å². The average molecular weight is 655 g/mol. The number of rotatable bonds is 20. The van der Waals surface area contributed by atoms with Gasteiger partial charge < -0.3 is 29.1 Å². The molecule has 1 aromatic rings. The van der Waals surface area contributed by atoms with Crippen molar-refractivity contribution in [2.75, 3.05) is 33.5 Å². The fourth-order valence-corrected chi connectivity index (χ4v) is 3.82. The minimum Gasteiger partial charge on any atom is -0.481 e. The van der Waals surface area contributed by atoms with Crippen LogP contribution in [0.2, 0.25) is 0 Å². The Labute approximate surface area is 279 Å². The maximum absolute atomic E-state index is 13.5. The third-order valence-electron chi connectivity index (χ3n) is 7.18. The molecule has 2 atom stereocenters. The van der Waals surface area contributed by atoms with E-state index in [-0.39, 0.29) is 32.7 Å². The molecule has 0 aliphatic carbocycles. The standard InChI is InChI=1S/C25H42N2O8.C5H10.C4H8.C2H6/c1-6-9-11-33-13-14-34-23(30)20(15-21-26-17-18(4)35-21)27-24(31)25(7-2,8-3)16-19(22(28)29)10-12-32-5;1-4-5(2)3;1-3-4-2;1-2/h17,19-20H,6-16H2,1-5H3,(H,27,31)(H,28,29);2,4H2,1,3H3;3-4H,1-2H3;1-2H3/b;;4-3-;/t19-,20?;;;/m1.../s1. The van der Waals surface area contributed by atoms with E-state index in [4.69, 9.17) is 18.6 Å². The van der Waals surface area contributed by atoms with E-state index in [1.807, 2.05) is 60.6 Å². The van der Waals surface area contributed by atoms with Gasteiger partial charge in [0.05, 0.1) is 25.1 Å². The zero-order valence-electron chi connectivity index (χ0n) is 30.8. The Morgan fingerprint density at radius 1 is 1.07 bits per heavy atom. The smallest absolute Gasteiger partial charge is 0.329 e. The van der Waals surface area contributed by atoms with Crippen LogP contribution in [0.4, 0.5) is 0 Å². The van der Waals surface area contributed by atoms with Crippen molar-refractivity contribution in [1.82, 2.24) is 10.3 Å². The lowest BCUT2D eigenvalue weighted by molar-refractivity contribution is -0.152. The Hall–Kier alpha value is -2.98. The summed E-state index contributed by atoms with van der Waals surface area (Å²) in [6.07, 6.45) is 9.85. The number of hydrogen-bond donors (Lipinski definition) is 2.